The Morgan fingerprint density at radius 1 is 0.370 bits per heavy atom. The topological polar surface area (TPSA) is 14.2 Å². The zero-order chi connectivity index (χ0) is 30.2. The highest BCUT2D eigenvalue weighted by atomic mass is 16.5. The standard InChI is InChI=1S/C44H27NO/c1-2-12-32-28(10-1)22-25-39-35-14-5-7-18-40(35)45(44(32)39)30-23-20-29(21-24-30)31-11-3-4-13-33(31)34-26-27-42-43-37(34)16-9-17-38(43)36-15-6-8-19-41(36)46-42/h1-27H. The van der Waals surface area contributed by atoms with Crippen LogP contribution in [0.5, 0.6) is 11.5 Å². The van der Waals surface area contributed by atoms with Gasteiger partial charge in [0.2, 0.25) is 0 Å². The molecular formula is C44H27NO. The molecule has 2 heterocycles. The Labute approximate surface area is 266 Å². The summed E-state index contributed by atoms with van der Waals surface area (Å²) in [5.41, 5.74) is 10.8. The predicted octanol–water partition coefficient (Wildman–Crippen LogP) is 12.2. The van der Waals surface area contributed by atoms with Crippen molar-refractivity contribution >= 4 is 43.4 Å². The quantitative estimate of drug-likeness (QED) is 0.201. The van der Waals surface area contributed by atoms with Gasteiger partial charge in [0.05, 0.1) is 11.0 Å². The summed E-state index contributed by atoms with van der Waals surface area (Å²) in [6.07, 6.45) is 0. The Morgan fingerprint density at radius 3 is 1.96 bits per heavy atom. The highest BCUT2D eigenvalue weighted by Crippen LogP contribution is 2.49. The maximum absolute atomic E-state index is 6.39. The first-order valence-electron chi connectivity index (χ1n) is 15.8. The van der Waals surface area contributed by atoms with Gasteiger partial charge in [-0.3, -0.25) is 0 Å². The predicted molar refractivity (Wildman–Crippen MR) is 192 cm³/mol. The summed E-state index contributed by atoms with van der Waals surface area (Å²) in [5.74, 6) is 1.82. The van der Waals surface area contributed by atoms with Gasteiger partial charge in [-0.25, -0.2) is 0 Å². The van der Waals surface area contributed by atoms with Crippen molar-refractivity contribution in [1.29, 1.82) is 0 Å². The molecule has 1 aromatic heterocycles. The van der Waals surface area contributed by atoms with Gasteiger partial charge < -0.3 is 9.30 Å². The Balaban J connectivity index is 1.14. The lowest BCUT2D eigenvalue weighted by atomic mass is 9.88. The Hall–Kier alpha value is -6.12. The molecule has 2 nitrogen and oxygen atoms in total. The molecule has 0 spiro atoms. The SMILES string of the molecule is c1ccc2c(c1)Oc1ccc(-c3ccccc3-c3ccc(-n4c5ccccc5c5ccc6ccccc6c54)cc3)c3cccc-2c13. The van der Waals surface area contributed by atoms with Gasteiger partial charge in [-0.1, -0.05) is 133 Å². The highest BCUT2D eigenvalue weighted by Gasteiger charge is 2.22. The number of aromatic nitrogens is 1. The summed E-state index contributed by atoms with van der Waals surface area (Å²) in [7, 11) is 0. The second-order valence-electron chi connectivity index (χ2n) is 12.1. The first-order chi connectivity index (χ1) is 22.8. The van der Waals surface area contributed by atoms with Crippen LogP contribution in [-0.4, -0.2) is 4.57 Å². The molecule has 0 atom stereocenters. The van der Waals surface area contributed by atoms with Gasteiger partial charge in [-0.15, -0.1) is 0 Å². The second kappa shape index (κ2) is 9.69. The van der Waals surface area contributed by atoms with E-state index >= 15 is 0 Å². The molecule has 1 aliphatic heterocycles. The average Bonchev–Trinajstić information content (AvgIpc) is 3.47. The maximum Gasteiger partial charge on any atom is 0.135 e. The van der Waals surface area contributed by atoms with Crippen molar-refractivity contribution in [1.82, 2.24) is 4.57 Å². The van der Waals surface area contributed by atoms with Gasteiger partial charge in [0.1, 0.15) is 11.5 Å². The monoisotopic (exact) mass is 585 g/mol. The largest absolute Gasteiger partial charge is 0.456 e. The van der Waals surface area contributed by atoms with E-state index in [0.29, 0.717) is 0 Å². The van der Waals surface area contributed by atoms with Crippen LogP contribution in [0.25, 0.3) is 82.4 Å². The Kier molecular flexibility index (Phi) is 5.31. The van der Waals surface area contributed by atoms with Crippen LogP contribution in [0.4, 0.5) is 0 Å². The van der Waals surface area contributed by atoms with E-state index in [2.05, 4.69) is 156 Å². The molecule has 0 unspecified atom stereocenters. The van der Waals surface area contributed by atoms with Crippen LogP contribution in [0.15, 0.2) is 164 Å². The molecule has 0 aliphatic carbocycles. The first kappa shape index (κ1) is 25.2. The molecule has 9 aromatic rings. The minimum Gasteiger partial charge on any atom is -0.456 e. The molecule has 0 fully saturated rings. The lowest BCUT2D eigenvalue weighted by Crippen LogP contribution is -1.98. The number of ether oxygens (including phenoxy) is 1. The highest BCUT2D eigenvalue weighted by molar-refractivity contribution is 6.18. The lowest BCUT2D eigenvalue weighted by molar-refractivity contribution is 0.487. The molecule has 0 N–H and O–H groups in total. The van der Waals surface area contributed by atoms with Gasteiger partial charge in [0.25, 0.3) is 0 Å². The molecule has 0 saturated carbocycles. The summed E-state index contributed by atoms with van der Waals surface area (Å²) in [4.78, 5) is 0. The first-order valence-corrected chi connectivity index (χ1v) is 15.8. The maximum atomic E-state index is 6.39. The van der Waals surface area contributed by atoms with Gasteiger partial charge >= 0.3 is 0 Å². The molecule has 0 bridgehead atoms. The molecule has 46 heavy (non-hydrogen) atoms. The summed E-state index contributed by atoms with van der Waals surface area (Å²) < 4.78 is 8.81. The molecule has 214 valence electrons. The molecule has 1 aliphatic rings. The van der Waals surface area contributed by atoms with Crippen LogP contribution < -0.4 is 4.74 Å². The molecular weight excluding hydrogens is 558 g/mol. The summed E-state index contributed by atoms with van der Waals surface area (Å²) in [5, 5.41) is 7.43. The van der Waals surface area contributed by atoms with Gasteiger partial charge in [-0.2, -0.15) is 0 Å². The van der Waals surface area contributed by atoms with E-state index in [0.717, 1.165) is 22.7 Å². The van der Waals surface area contributed by atoms with E-state index in [1.165, 1.54) is 71.2 Å². The van der Waals surface area contributed by atoms with Crippen LogP contribution in [0.2, 0.25) is 0 Å². The van der Waals surface area contributed by atoms with Crippen molar-refractivity contribution in [2.24, 2.45) is 0 Å². The van der Waals surface area contributed by atoms with E-state index in [-0.39, 0.29) is 0 Å². The zero-order valence-electron chi connectivity index (χ0n) is 24.9. The van der Waals surface area contributed by atoms with Crippen LogP contribution in [0.3, 0.4) is 0 Å². The van der Waals surface area contributed by atoms with Crippen LogP contribution >= 0.6 is 0 Å². The second-order valence-corrected chi connectivity index (χ2v) is 12.1. The minimum absolute atomic E-state index is 0.909. The molecule has 10 rings (SSSR count). The Bertz CT molecular complexity index is 2660. The van der Waals surface area contributed by atoms with Crippen molar-refractivity contribution in [3.05, 3.63) is 164 Å². The number of hydrogen-bond acceptors (Lipinski definition) is 1. The van der Waals surface area contributed by atoms with Gasteiger partial charge in [0.15, 0.2) is 0 Å². The normalized spacial score (nSPS) is 12.1. The number of benzene rings is 8. The Morgan fingerprint density at radius 2 is 1.07 bits per heavy atom. The van der Waals surface area contributed by atoms with Gasteiger partial charge in [-0.05, 0) is 68.9 Å². The van der Waals surface area contributed by atoms with E-state index in [1.807, 2.05) is 12.1 Å². The van der Waals surface area contributed by atoms with Crippen LogP contribution in [0.1, 0.15) is 0 Å². The van der Waals surface area contributed by atoms with Crippen molar-refractivity contribution in [3.8, 4) is 50.6 Å². The fourth-order valence-electron chi connectivity index (χ4n) is 7.57. The van der Waals surface area contributed by atoms with Crippen molar-refractivity contribution < 1.29 is 4.74 Å². The lowest BCUT2D eigenvalue weighted by Gasteiger charge is -2.23. The molecule has 8 aromatic carbocycles. The fourth-order valence-corrected chi connectivity index (χ4v) is 7.57. The third-order valence-corrected chi connectivity index (χ3v) is 9.61. The van der Waals surface area contributed by atoms with Crippen molar-refractivity contribution in [3.63, 3.8) is 0 Å². The van der Waals surface area contributed by atoms with Gasteiger partial charge in [0, 0.05) is 32.8 Å². The fraction of sp³-hybridized carbons (Fsp3) is 0. The smallest absolute Gasteiger partial charge is 0.135 e. The molecule has 2 heteroatoms. The number of fused-ring (bicyclic) bond motifs is 7. The third kappa shape index (κ3) is 3.59. The summed E-state index contributed by atoms with van der Waals surface area (Å²) in [6.45, 7) is 0. The van der Waals surface area contributed by atoms with E-state index in [4.69, 9.17) is 4.74 Å². The number of hydrogen-bond donors (Lipinski definition) is 0. The van der Waals surface area contributed by atoms with Crippen molar-refractivity contribution in [2.75, 3.05) is 0 Å². The zero-order valence-corrected chi connectivity index (χ0v) is 24.9. The van der Waals surface area contributed by atoms with E-state index in [9.17, 15) is 0 Å². The number of nitrogens with zero attached hydrogens (tertiary/aromatic N) is 1. The number of rotatable bonds is 3. The van der Waals surface area contributed by atoms with Crippen LogP contribution in [0, 0.1) is 0 Å². The van der Waals surface area contributed by atoms with Crippen molar-refractivity contribution in [2.45, 2.75) is 0 Å². The summed E-state index contributed by atoms with van der Waals surface area (Å²) >= 11 is 0. The third-order valence-electron chi connectivity index (χ3n) is 9.61. The minimum atomic E-state index is 0.909. The average molecular weight is 586 g/mol. The molecule has 0 radical (unpaired) electrons. The summed E-state index contributed by atoms with van der Waals surface area (Å²) in [6, 6.07) is 59.0. The molecule has 0 saturated heterocycles. The van der Waals surface area contributed by atoms with Crippen LogP contribution in [-0.2, 0) is 0 Å². The molecule has 0 amide bonds. The number of para-hydroxylation sites is 2. The van der Waals surface area contributed by atoms with E-state index < -0.39 is 0 Å². The van der Waals surface area contributed by atoms with E-state index in [1.54, 1.807) is 0 Å².